The lowest BCUT2D eigenvalue weighted by molar-refractivity contribution is -0.145. The summed E-state index contributed by atoms with van der Waals surface area (Å²) in [5, 5.41) is 3.28. The maximum Gasteiger partial charge on any atom is 0.310 e. The van der Waals surface area contributed by atoms with E-state index in [1.165, 1.54) is 7.11 Å². The van der Waals surface area contributed by atoms with Crippen molar-refractivity contribution in [3.8, 4) is 0 Å². The molecule has 0 saturated carbocycles. The number of oxazole rings is 1. The van der Waals surface area contributed by atoms with Gasteiger partial charge in [0.2, 0.25) is 5.89 Å². The molecular formula is C18H30N4O3. The van der Waals surface area contributed by atoms with Crippen molar-refractivity contribution < 1.29 is 13.9 Å². The third kappa shape index (κ3) is 4.74. The number of hydrogen-bond acceptors (Lipinski definition) is 5. The number of nitrogens with zero attached hydrogens (tertiary/aromatic N) is 3. The van der Waals surface area contributed by atoms with Crippen LogP contribution in [0.3, 0.4) is 0 Å². The summed E-state index contributed by atoms with van der Waals surface area (Å²) in [5.74, 6) is 2.17. The minimum absolute atomic E-state index is 0.0718. The Morgan fingerprint density at radius 1 is 1.48 bits per heavy atom. The van der Waals surface area contributed by atoms with E-state index in [0.29, 0.717) is 19.0 Å². The first kappa shape index (κ1) is 19.3. The summed E-state index contributed by atoms with van der Waals surface area (Å²) in [5.41, 5.74) is -0.0718. The molecule has 2 rings (SSSR count). The summed E-state index contributed by atoms with van der Waals surface area (Å²) in [6.45, 7) is 12.8. The number of methoxy groups -OCH3 is 1. The summed E-state index contributed by atoms with van der Waals surface area (Å²) in [6.07, 6.45) is 1.77. The molecule has 1 aliphatic rings. The van der Waals surface area contributed by atoms with E-state index in [2.05, 4.69) is 47.9 Å². The molecule has 7 nitrogen and oxygen atoms in total. The SMILES string of the molecule is CCNC(=NCc1ncc(C(C)(C)C)o1)N1CC(C)C(C(=O)OC)C1. The Balaban J connectivity index is 2.09. The van der Waals surface area contributed by atoms with Gasteiger partial charge in [0, 0.05) is 25.0 Å². The molecule has 0 spiro atoms. The number of carbonyl (C=O) groups is 1. The largest absolute Gasteiger partial charge is 0.469 e. The molecule has 0 radical (unpaired) electrons. The van der Waals surface area contributed by atoms with E-state index in [0.717, 1.165) is 24.8 Å². The lowest BCUT2D eigenvalue weighted by Gasteiger charge is -2.21. The maximum absolute atomic E-state index is 11.9. The molecule has 1 aliphatic heterocycles. The Labute approximate surface area is 149 Å². The van der Waals surface area contributed by atoms with Crippen molar-refractivity contribution in [2.45, 2.75) is 46.6 Å². The lowest BCUT2D eigenvalue weighted by atomic mass is 9.94. The first-order valence-electron chi connectivity index (χ1n) is 8.82. The Morgan fingerprint density at radius 3 is 2.76 bits per heavy atom. The molecule has 0 aromatic carbocycles. The average molecular weight is 350 g/mol. The van der Waals surface area contributed by atoms with Gasteiger partial charge in [-0.3, -0.25) is 4.79 Å². The molecule has 0 bridgehead atoms. The Morgan fingerprint density at radius 2 is 2.20 bits per heavy atom. The van der Waals surface area contributed by atoms with Crippen molar-refractivity contribution in [3.05, 3.63) is 17.8 Å². The molecule has 1 fully saturated rings. The van der Waals surface area contributed by atoms with E-state index in [-0.39, 0.29) is 23.2 Å². The summed E-state index contributed by atoms with van der Waals surface area (Å²) in [6, 6.07) is 0. The van der Waals surface area contributed by atoms with Gasteiger partial charge in [-0.15, -0.1) is 0 Å². The smallest absolute Gasteiger partial charge is 0.310 e. The van der Waals surface area contributed by atoms with Crippen molar-refractivity contribution >= 4 is 11.9 Å². The first-order valence-corrected chi connectivity index (χ1v) is 8.82. The van der Waals surface area contributed by atoms with Crippen LogP contribution in [0, 0.1) is 11.8 Å². The van der Waals surface area contributed by atoms with E-state index in [1.54, 1.807) is 6.20 Å². The highest BCUT2D eigenvalue weighted by Crippen LogP contribution is 2.25. The van der Waals surface area contributed by atoms with Gasteiger partial charge in [-0.25, -0.2) is 9.98 Å². The average Bonchev–Trinajstić information content (AvgIpc) is 3.17. The van der Waals surface area contributed by atoms with Gasteiger partial charge in [0.05, 0.1) is 19.2 Å². The van der Waals surface area contributed by atoms with Crippen molar-refractivity contribution in [1.82, 2.24) is 15.2 Å². The topological polar surface area (TPSA) is 80.0 Å². The van der Waals surface area contributed by atoms with Gasteiger partial charge in [-0.1, -0.05) is 27.7 Å². The van der Waals surface area contributed by atoms with E-state index in [9.17, 15) is 4.79 Å². The monoisotopic (exact) mass is 350 g/mol. The predicted molar refractivity (Wildman–Crippen MR) is 96.3 cm³/mol. The molecule has 2 heterocycles. The lowest BCUT2D eigenvalue weighted by Crippen LogP contribution is -2.40. The summed E-state index contributed by atoms with van der Waals surface area (Å²) in [7, 11) is 1.44. The summed E-state index contributed by atoms with van der Waals surface area (Å²) in [4.78, 5) is 22.9. The van der Waals surface area contributed by atoms with Crippen molar-refractivity contribution in [2.24, 2.45) is 16.8 Å². The van der Waals surface area contributed by atoms with Crippen LogP contribution in [-0.2, 0) is 21.5 Å². The Bertz CT molecular complexity index is 618. The standard InChI is InChI=1S/C18H30N4O3/c1-7-19-17(22-10-12(2)13(11-22)16(23)24-6)21-9-15-20-8-14(25-15)18(3,4)5/h8,12-13H,7,9-11H2,1-6H3,(H,19,21). The highest BCUT2D eigenvalue weighted by Gasteiger charge is 2.36. The van der Waals surface area contributed by atoms with Gasteiger partial charge in [0.1, 0.15) is 12.3 Å². The number of aliphatic imine (C=N–C) groups is 1. The Hall–Kier alpha value is -2.05. The Kier molecular flexibility index (Phi) is 6.08. The molecule has 2 atom stereocenters. The second-order valence-corrected chi connectivity index (χ2v) is 7.55. The molecule has 1 saturated heterocycles. The number of ether oxygens (including phenoxy) is 1. The number of esters is 1. The van der Waals surface area contributed by atoms with E-state index in [1.807, 2.05) is 6.92 Å². The van der Waals surface area contributed by atoms with E-state index in [4.69, 9.17) is 9.15 Å². The number of guanidine groups is 1. The van der Waals surface area contributed by atoms with Gasteiger partial charge in [0.15, 0.2) is 5.96 Å². The number of nitrogens with one attached hydrogen (secondary N) is 1. The zero-order valence-electron chi connectivity index (χ0n) is 16.1. The highest BCUT2D eigenvalue weighted by atomic mass is 16.5. The molecule has 1 aromatic rings. The molecule has 140 valence electrons. The molecule has 1 N–H and O–H groups in total. The van der Waals surface area contributed by atoms with E-state index < -0.39 is 0 Å². The zero-order valence-corrected chi connectivity index (χ0v) is 16.1. The molecule has 0 amide bonds. The highest BCUT2D eigenvalue weighted by molar-refractivity contribution is 5.82. The quantitative estimate of drug-likeness (QED) is 0.509. The predicted octanol–water partition coefficient (Wildman–Crippen LogP) is 2.18. The number of carbonyl (C=O) groups excluding carboxylic acids is 1. The van der Waals surface area contributed by atoms with Gasteiger partial charge in [-0.2, -0.15) is 0 Å². The fourth-order valence-electron chi connectivity index (χ4n) is 2.90. The molecular weight excluding hydrogens is 320 g/mol. The van der Waals surface area contributed by atoms with Crippen LogP contribution in [0.5, 0.6) is 0 Å². The first-order chi connectivity index (χ1) is 11.8. The van der Waals surface area contributed by atoms with Crippen LogP contribution in [0.2, 0.25) is 0 Å². The van der Waals surface area contributed by atoms with Gasteiger partial charge in [-0.05, 0) is 12.8 Å². The normalized spacial score (nSPS) is 21.5. The van der Waals surface area contributed by atoms with Gasteiger partial charge >= 0.3 is 5.97 Å². The molecule has 2 unspecified atom stereocenters. The molecule has 1 aromatic heterocycles. The minimum atomic E-state index is -0.159. The van der Waals surface area contributed by atoms with Crippen molar-refractivity contribution in [1.29, 1.82) is 0 Å². The number of rotatable bonds is 4. The third-order valence-electron chi connectivity index (χ3n) is 4.41. The molecule has 0 aliphatic carbocycles. The van der Waals surface area contributed by atoms with E-state index >= 15 is 0 Å². The molecule has 25 heavy (non-hydrogen) atoms. The van der Waals surface area contributed by atoms with Crippen molar-refractivity contribution in [2.75, 3.05) is 26.7 Å². The summed E-state index contributed by atoms with van der Waals surface area (Å²) >= 11 is 0. The van der Waals surface area contributed by atoms with Crippen LogP contribution in [0.4, 0.5) is 0 Å². The van der Waals surface area contributed by atoms with Crippen LogP contribution >= 0.6 is 0 Å². The third-order valence-corrected chi connectivity index (χ3v) is 4.41. The van der Waals surface area contributed by atoms with Crippen LogP contribution in [-0.4, -0.2) is 48.6 Å². The maximum atomic E-state index is 11.9. The van der Waals surface area contributed by atoms with Crippen LogP contribution in [0.15, 0.2) is 15.6 Å². The minimum Gasteiger partial charge on any atom is -0.469 e. The van der Waals surface area contributed by atoms with Crippen LogP contribution in [0.25, 0.3) is 0 Å². The summed E-state index contributed by atoms with van der Waals surface area (Å²) < 4.78 is 10.7. The fraction of sp³-hybridized carbons (Fsp3) is 0.722. The van der Waals surface area contributed by atoms with Crippen molar-refractivity contribution in [3.63, 3.8) is 0 Å². The molecule has 7 heteroatoms. The second-order valence-electron chi connectivity index (χ2n) is 7.55. The second kappa shape index (κ2) is 7.89. The van der Waals surface area contributed by atoms with Gasteiger partial charge in [0.25, 0.3) is 0 Å². The number of aromatic nitrogens is 1. The number of hydrogen-bond donors (Lipinski definition) is 1. The van der Waals surface area contributed by atoms with Gasteiger partial charge < -0.3 is 19.4 Å². The zero-order chi connectivity index (χ0) is 18.6. The van der Waals surface area contributed by atoms with Crippen LogP contribution in [0.1, 0.15) is 46.3 Å². The van der Waals surface area contributed by atoms with Crippen LogP contribution < -0.4 is 5.32 Å². The fourth-order valence-corrected chi connectivity index (χ4v) is 2.90. The number of likely N-dealkylation sites (tertiary alicyclic amines) is 1.